The Bertz CT molecular complexity index is 602. The van der Waals surface area contributed by atoms with Gasteiger partial charge in [0.25, 0.3) is 5.56 Å². The molecule has 0 aliphatic carbocycles. The summed E-state index contributed by atoms with van der Waals surface area (Å²) in [6.45, 7) is 7.66. The van der Waals surface area contributed by atoms with Crippen LogP contribution in [-0.2, 0) is 11.3 Å². The number of piperidine rings is 1. The fraction of sp³-hybridized carbons (Fsp3) is 0.467. The smallest absolute Gasteiger partial charge is 0.250 e. The molecule has 0 saturated carbocycles. The summed E-state index contributed by atoms with van der Waals surface area (Å²) in [6.07, 6.45) is 1.07. The Morgan fingerprint density at radius 2 is 2.11 bits per heavy atom. The molecule has 1 saturated heterocycles. The number of hydrogen-bond acceptors (Lipinski definition) is 2. The van der Waals surface area contributed by atoms with Crippen LogP contribution < -0.4 is 5.56 Å². The Hall–Kier alpha value is -1.84. The number of rotatable bonds is 1. The van der Waals surface area contributed by atoms with Gasteiger partial charge in [-0.15, -0.1) is 0 Å². The fourth-order valence-corrected chi connectivity index (χ4v) is 3.33. The summed E-state index contributed by atoms with van der Waals surface area (Å²) in [5.74, 6) is 0.709. The monoisotopic (exact) mass is 258 g/mol. The molecule has 2 unspecified atom stereocenters. The molecule has 3 heterocycles. The van der Waals surface area contributed by atoms with E-state index >= 15 is 0 Å². The Balaban J connectivity index is 1.94. The molecule has 0 aromatic carbocycles. The number of fused-ring (bicyclic) bond motifs is 4. The van der Waals surface area contributed by atoms with Gasteiger partial charge in [-0.05, 0) is 25.3 Å². The number of aromatic nitrogens is 1. The van der Waals surface area contributed by atoms with Gasteiger partial charge in [-0.1, -0.05) is 12.6 Å². The second-order valence-corrected chi connectivity index (χ2v) is 5.69. The molecule has 1 amide bonds. The average molecular weight is 258 g/mol. The summed E-state index contributed by atoms with van der Waals surface area (Å²) in [4.78, 5) is 25.8. The molecule has 2 aliphatic rings. The molecule has 2 aliphatic heterocycles. The maximum absolute atomic E-state index is 12.1. The van der Waals surface area contributed by atoms with E-state index in [-0.39, 0.29) is 17.4 Å². The van der Waals surface area contributed by atoms with Gasteiger partial charge in [-0.3, -0.25) is 9.59 Å². The topological polar surface area (TPSA) is 42.3 Å². The normalized spacial score (nSPS) is 24.8. The van der Waals surface area contributed by atoms with Gasteiger partial charge in [-0.25, -0.2) is 0 Å². The summed E-state index contributed by atoms with van der Waals surface area (Å²) in [7, 11) is 0. The lowest BCUT2D eigenvalue weighted by Gasteiger charge is -2.42. The summed E-state index contributed by atoms with van der Waals surface area (Å²) in [5.41, 5.74) is 1.74. The first-order valence-electron chi connectivity index (χ1n) is 6.71. The first-order valence-corrected chi connectivity index (χ1v) is 6.71. The molecule has 0 N–H and O–H groups in total. The third-order valence-electron chi connectivity index (χ3n) is 4.13. The van der Waals surface area contributed by atoms with E-state index in [0.717, 1.165) is 25.2 Å². The molecule has 1 fully saturated rings. The molecule has 19 heavy (non-hydrogen) atoms. The van der Waals surface area contributed by atoms with Gasteiger partial charge in [0.05, 0.1) is 0 Å². The second kappa shape index (κ2) is 4.37. The third kappa shape index (κ3) is 2.01. The number of likely N-dealkylation sites (tertiary alicyclic amines) is 1. The largest absolute Gasteiger partial charge is 0.338 e. The van der Waals surface area contributed by atoms with E-state index in [4.69, 9.17) is 0 Å². The molecule has 4 nitrogen and oxygen atoms in total. The van der Waals surface area contributed by atoms with Crippen molar-refractivity contribution < 1.29 is 4.79 Å². The number of amides is 1. The lowest BCUT2D eigenvalue weighted by molar-refractivity contribution is -0.129. The molecule has 0 radical (unpaired) electrons. The van der Waals surface area contributed by atoms with Gasteiger partial charge >= 0.3 is 0 Å². The lowest BCUT2D eigenvalue weighted by Crippen LogP contribution is -2.49. The Morgan fingerprint density at radius 1 is 1.32 bits per heavy atom. The van der Waals surface area contributed by atoms with Crippen LogP contribution >= 0.6 is 0 Å². The molecule has 1 aromatic heterocycles. The van der Waals surface area contributed by atoms with E-state index in [0.29, 0.717) is 18.0 Å². The van der Waals surface area contributed by atoms with Crippen LogP contribution in [-0.4, -0.2) is 28.5 Å². The first-order chi connectivity index (χ1) is 9.06. The van der Waals surface area contributed by atoms with Crippen molar-refractivity contribution in [3.8, 4) is 0 Å². The molecule has 4 heteroatoms. The second-order valence-electron chi connectivity index (χ2n) is 5.69. The van der Waals surface area contributed by atoms with Crippen molar-refractivity contribution in [1.29, 1.82) is 0 Å². The minimum atomic E-state index is 0.0430. The van der Waals surface area contributed by atoms with Crippen LogP contribution in [0.1, 0.15) is 25.0 Å². The van der Waals surface area contributed by atoms with Crippen molar-refractivity contribution in [2.24, 2.45) is 5.92 Å². The van der Waals surface area contributed by atoms with Crippen LogP contribution in [0.25, 0.3) is 0 Å². The fourth-order valence-electron chi connectivity index (χ4n) is 3.33. The first kappa shape index (κ1) is 12.2. The zero-order valence-electron chi connectivity index (χ0n) is 11.1. The van der Waals surface area contributed by atoms with Crippen LogP contribution in [0.3, 0.4) is 0 Å². The van der Waals surface area contributed by atoms with Crippen molar-refractivity contribution in [3.05, 3.63) is 46.4 Å². The lowest BCUT2D eigenvalue weighted by atomic mass is 9.83. The predicted molar refractivity (Wildman–Crippen MR) is 72.9 cm³/mol. The van der Waals surface area contributed by atoms with Crippen molar-refractivity contribution in [2.75, 3.05) is 13.1 Å². The van der Waals surface area contributed by atoms with Crippen molar-refractivity contribution >= 4 is 5.91 Å². The highest BCUT2D eigenvalue weighted by molar-refractivity contribution is 5.92. The van der Waals surface area contributed by atoms with Crippen LogP contribution in [0.4, 0.5) is 0 Å². The van der Waals surface area contributed by atoms with Crippen LogP contribution in [0.2, 0.25) is 0 Å². The summed E-state index contributed by atoms with van der Waals surface area (Å²) >= 11 is 0. The Kier molecular flexibility index (Phi) is 2.81. The minimum absolute atomic E-state index is 0.0430. The molecule has 2 bridgehead atoms. The van der Waals surface area contributed by atoms with E-state index in [1.54, 1.807) is 13.0 Å². The summed E-state index contributed by atoms with van der Waals surface area (Å²) < 4.78 is 1.88. The minimum Gasteiger partial charge on any atom is -0.338 e. The standard InChI is InChI=1S/C15H18N2O2/c1-10(2)15(19)16-7-11-6-12(9-16)13-4-3-5-14(18)17(13)8-11/h3-5,11-12H,1,6-9H2,2H3. The van der Waals surface area contributed by atoms with Crippen molar-refractivity contribution in [1.82, 2.24) is 9.47 Å². The maximum Gasteiger partial charge on any atom is 0.250 e. The highest BCUT2D eigenvalue weighted by atomic mass is 16.2. The molecule has 100 valence electrons. The van der Waals surface area contributed by atoms with Gasteiger partial charge in [-0.2, -0.15) is 0 Å². The van der Waals surface area contributed by atoms with Gasteiger partial charge < -0.3 is 9.47 Å². The number of carbonyl (C=O) groups is 1. The molecule has 2 atom stereocenters. The summed E-state index contributed by atoms with van der Waals surface area (Å²) in [5, 5.41) is 0. The summed E-state index contributed by atoms with van der Waals surface area (Å²) in [6, 6.07) is 5.44. The molecule has 3 rings (SSSR count). The van der Waals surface area contributed by atoms with E-state index in [2.05, 4.69) is 6.58 Å². The van der Waals surface area contributed by atoms with Crippen LogP contribution in [0, 0.1) is 5.92 Å². The number of pyridine rings is 1. The van der Waals surface area contributed by atoms with Gasteiger partial charge in [0.2, 0.25) is 5.91 Å². The van der Waals surface area contributed by atoms with E-state index < -0.39 is 0 Å². The molecule has 1 aromatic rings. The highest BCUT2D eigenvalue weighted by Gasteiger charge is 2.36. The van der Waals surface area contributed by atoms with Crippen LogP contribution in [0.5, 0.6) is 0 Å². The molecule has 0 spiro atoms. The number of carbonyl (C=O) groups excluding carboxylic acids is 1. The maximum atomic E-state index is 12.1. The zero-order chi connectivity index (χ0) is 13.6. The van der Waals surface area contributed by atoms with E-state index in [1.165, 1.54) is 0 Å². The Morgan fingerprint density at radius 3 is 2.84 bits per heavy atom. The van der Waals surface area contributed by atoms with E-state index in [1.807, 2.05) is 21.6 Å². The quantitative estimate of drug-likeness (QED) is 0.714. The average Bonchev–Trinajstić information content (AvgIpc) is 2.39. The van der Waals surface area contributed by atoms with Crippen molar-refractivity contribution in [3.63, 3.8) is 0 Å². The Labute approximate surface area is 112 Å². The number of hydrogen-bond donors (Lipinski definition) is 0. The van der Waals surface area contributed by atoms with Crippen LogP contribution in [0.15, 0.2) is 35.1 Å². The SMILES string of the molecule is C=C(C)C(=O)N1CC2CC(C1)c1cccc(=O)n1C2. The highest BCUT2D eigenvalue weighted by Crippen LogP contribution is 2.35. The predicted octanol–water partition coefficient (Wildman–Crippen LogP) is 1.37. The number of nitrogens with zero attached hydrogens (tertiary/aromatic N) is 2. The van der Waals surface area contributed by atoms with Gasteiger partial charge in [0, 0.05) is 42.9 Å². The van der Waals surface area contributed by atoms with Gasteiger partial charge in [0.1, 0.15) is 0 Å². The third-order valence-corrected chi connectivity index (χ3v) is 4.13. The molecular weight excluding hydrogens is 240 g/mol. The van der Waals surface area contributed by atoms with Crippen molar-refractivity contribution in [2.45, 2.75) is 25.8 Å². The molecular formula is C15H18N2O2. The van der Waals surface area contributed by atoms with Gasteiger partial charge in [0.15, 0.2) is 0 Å². The van der Waals surface area contributed by atoms with E-state index in [9.17, 15) is 9.59 Å². The zero-order valence-corrected chi connectivity index (χ0v) is 11.1.